The van der Waals surface area contributed by atoms with E-state index in [1.165, 1.54) is 5.56 Å². The molecule has 0 aliphatic rings. The van der Waals surface area contributed by atoms with Crippen molar-refractivity contribution in [3.05, 3.63) is 59.2 Å². The van der Waals surface area contributed by atoms with Gasteiger partial charge in [-0.25, -0.2) is 0 Å². The lowest BCUT2D eigenvalue weighted by atomic mass is 10.1. The van der Waals surface area contributed by atoms with Gasteiger partial charge in [-0.05, 0) is 55.7 Å². The average molecular weight is 339 g/mol. The first-order valence-corrected chi connectivity index (χ1v) is 8.55. The second kappa shape index (κ2) is 8.87. The van der Waals surface area contributed by atoms with Crippen LogP contribution in [0.4, 0.5) is 11.4 Å². The molecule has 25 heavy (non-hydrogen) atoms. The summed E-state index contributed by atoms with van der Waals surface area (Å²) in [5.41, 5.74) is 4.58. The van der Waals surface area contributed by atoms with Gasteiger partial charge in [0.2, 0.25) is 5.91 Å². The summed E-state index contributed by atoms with van der Waals surface area (Å²) < 4.78 is 0. The highest BCUT2D eigenvalue weighted by molar-refractivity contribution is 5.96. The molecule has 2 amide bonds. The van der Waals surface area contributed by atoms with Crippen LogP contribution >= 0.6 is 0 Å². The molecule has 2 aromatic rings. The van der Waals surface area contributed by atoms with Crippen molar-refractivity contribution in [3.8, 4) is 0 Å². The molecule has 0 atom stereocenters. The standard InChI is InChI=1S/C20H25N3O2/c1-4-15-8-6-7-14(3)19(15)22-13-18(24)23-17-11-9-16(10-12-17)20(25)21-5-2/h6-12,22H,4-5,13H2,1-3H3,(H,21,25)(H,23,24). The molecule has 0 aliphatic carbocycles. The molecule has 0 heterocycles. The Hall–Kier alpha value is -2.82. The highest BCUT2D eigenvalue weighted by Crippen LogP contribution is 2.20. The summed E-state index contributed by atoms with van der Waals surface area (Å²) in [6.07, 6.45) is 0.910. The number of carbonyl (C=O) groups is 2. The fourth-order valence-corrected chi connectivity index (χ4v) is 2.62. The topological polar surface area (TPSA) is 70.2 Å². The van der Waals surface area contributed by atoms with E-state index < -0.39 is 0 Å². The van der Waals surface area contributed by atoms with Gasteiger partial charge in [0.25, 0.3) is 5.91 Å². The van der Waals surface area contributed by atoms with Gasteiger partial charge in [0, 0.05) is 23.5 Å². The Balaban J connectivity index is 1.94. The molecule has 2 aromatic carbocycles. The normalized spacial score (nSPS) is 10.2. The molecule has 0 saturated heterocycles. The molecule has 2 rings (SSSR count). The number of hydrogen-bond donors (Lipinski definition) is 3. The Morgan fingerprint density at radius 3 is 2.36 bits per heavy atom. The minimum atomic E-state index is -0.129. The minimum absolute atomic E-state index is 0.117. The van der Waals surface area contributed by atoms with E-state index in [1.54, 1.807) is 24.3 Å². The predicted octanol–water partition coefficient (Wildman–Crippen LogP) is 3.36. The summed E-state index contributed by atoms with van der Waals surface area (Å²) in [6, 6.07) is 13.0. The van der Waals surface area contributed by atoms with Crippen LogP contribution in [0.3, 0.4) is 0 Å². The van der Waals surface area contributed by atoms with Crippen molar-refractivity contribution in [2.45, 2.75) is 27.2 Å². The third-order valence-electron chi connectivity index (χ3n) is 3.93. The number of para-hydroxylation sites is 1. The van der Waals surface area contributed by atoms with Crippen LogP contribution in [0.5, 0.6) is 0 Å². The van der Waals surface area contributed by atoms with Gasteiger partial charge in [0.1, 0.15) is 0 Å². The van der Waals surface area contributed by atoms with Gasteiger partial charge in [-0.2, -0.15) is 0 Å². The number of carbonyl (C=O) groups excluding carboxylic acids is 2. The van der Waals surface area contributed by atoms with Crippen LogP contribution in [-0.4, -0.2) is 24.9 Å². The van der Waals surface area contributed by atoms with E-state index in [1.807, 2.05) is 26.0 Å². The molecular formula is C20H25N3O2. The maximum atomic E-state index is 12.2. The average Bonchev–Trinajstić information content (AvgIpc) is 2.61. The number of nitrogens with one attached hydrogen (secondary N) is 3. The van der Waals surface area contributed by atoms with Crippen molar-refractivity contribution in [2.75, 3.05) is 23.7 Å². The second-order valence-corrected chi connectivity index (χ2v) is 5.80. The molecule has 5 heteroatoms. The molecule has 0 aromatic heterocycles. The predicted molar refractivity (Wildman–Crippen MR) is 102 cm³/mol. The van der Waals surface area contributed by atoms with E-state index in [9.17, 15) is 9.59 Å². The Morgan fingerprint density at radius 2 is 1.72 bits per heavy atom. The van der Waals surface area contributed by atoms with Crippen LogP contribution in [0.1, 0.15) is 35.3 Å². The van der Waals surface area contributed by atoms with E-state index in [0.717, 1.165) is 17.7 Å². The molecule has 0 bridgehead atoms. The van der Waals surface area contributed by atoms with Crippen LogP contribution in [0.25, 0.3) is 0 Å². The zero-order chi connectivity index (χ0) is 18.2. The number of anilines is 2. The van der Waals surface area contributed by atoms with E-state index in [2.05, 4.69) is 28.9 Å². The molecule has 0 unspecified atom stereocenters. The highest BCUT2D eigenvalue weighted by Gasteiger charge is 2.08. The van der Waals surface area contributed by atoms with Gasteiger partial charge in [0.05, 0.1) is 6.54 Å². The number of benzene rings is 2. The lowest BCUT2D eigenvalue weighted by Gasteiger charge is -2.14. The SMILES string of the molecule is CCNC(=O)c1ccc(NC(=O)CNc2c(C)cccc2CC)cc1. The van der Waals surface area contributed by atoms with Gasteiger partial charge in [0.15, 0.2) is 0 Å². The number of rotatable bonds is 7. The number of hydrogen-bond acceptors (Lipinski definition) is 3. The summed E-state index contributed by atoms with van der Waals surface area (Å²) >= 11 is 0. The van der Waals surface area contributed by atoms with Crippen molar-refractivity contribution in [3.63, 3.8) is 0 Å². The van der Waals surface area contributed by atoms with Gasteiger partial charge < -0.3 is 16.0 Å². The van der Waals surface area contributed by atoms with Crippen molar-refractivity contribution in [1.29, 1.82) is 0 Å². The summed E-state index contributed by atoms with van der Waals surface area (Å²) in [7, 11) is 0. The zero-order valence-electron chi connectivity index (χ0n) is 15.0. The molecular weight excluding hydrogens is 314 g/mol. The molecule has 0 saturated carbocycles. The van der Waals surface area contributed by atoms with E-state index in [4.69, 9.17) is 0 Å². The Kier molecular flexibility index (Phi) is 6.57. The summed E-state index contributed by atoms with van der Waals surface area (Å²) in [4.78, 5) is 23.9. The monoisotopic (exact) mass is 339 g/mol. The van der Waals surface area contributed by atoms with Crippen molar-refractivity contribution in [1.82, 2.24) is 5.32 Å². The van der Waals surface area contributed by atoms with Gasteiger partial charge in [-0.1, -0.05) is 25.1 Å². The maximum absolute atomic E-state index is 12.2. The van der Waals surface area contributed by atoms with Gasteiger partial charge in [-0.15, -0.1) is 0 Å². The maximum Gasteiger partial charge on any atom is 0.251 e. The third kappa shape index (κ3) is 5.08. The van der Waals surface area contributed by atoms with Crippen LogP contribution < -0.4 is 16.0 Å². The highest BCUT2D eigenvalue weighted by atomic mass is 16.2. The van der Waals surface area contributed by atoms with Crippen LogP contribution in [0.2, 0.25) is 0 Å². The van der Waals surface area contributed by atoms with Crippen LogP contribution in [-0.2, 0) is 11.2 Å². The Bertz CT molecular complexity index is 739. The quantitative estimate of drug-likeness (QED) is 0.724. The summed E-state index contributed by atoms with van der Waals surface area (Å²) in [5.74, 6) is -0.246. The van der Waals surface area contributed by atoms with Crippen LogP contribution in [0, 0.1) is 6.92 Å². The third-order valence-corrected chi connectivity index (χ3v) is 3.93. The first kappa shape index (κ1) is 18.5. The molecule has 3 N–H and O–H groups in total. The largest absolute Gasteiger partial charge is 0.376 e. The first-order chi connectivity index (χ1) is 12.0. The molecule has 0 radical (unpaired) electrons. The molecule has 0 fully saturated rings. The fraction of sp³-hybridized carbons (Fsp3) is 0.300. The fourth-order valence-electron chi connectivity index (χ4n) is 2.62. The zero-order valence-corrected chi connectivity index (χ0v) is 15.0. The van der Waals surface area contributed by atoms with Crippen molar-refractivity contribution < 1.29 is 9.59 Å². The number of amides is 2. The molecule has 132 valence electrons. The lowest BCUT2D eigenvalue weighted by Crippen LogP contribution is -2.23. The Labute approximate surface area is 148 Å². The molecule has 0 aliphatic heterocycles. The van der Waals surface area contributed by atoms with Crippen LogP contribution in [0.15, 0.2) is 42.5 Å². The second-order valence-electron chi connectivity index (χ2n) is 5.80. The van der Waals surface area contributed by atoms with E-state index in [0.29, 0.717) is 17.8 Å². The summed E-state index contributed by atoms with van der Waals surface area (Å²) in [6.45, 7) is 6.77. The van der Waals surface area contributed by atoms with Crippen molar-refractivity contribution in [2.24, 2.45) is 0 Å². The Morgan fingerprint density at radius 1 is 1.00 bits per heavy atom. The minimum Gasteiger partial charge on any atom is -0.376 e. The lowest BCUT2D eigenvalue weighted by molar-refractivity contribution is -0.114. The van der Waals surface area contributed by atoms with Gasteiger partial charge in [-0.3, -0.25) is 9.59 Å². The first-order valence-electron chi connectivity index (χ1n) is 8.55. The molecule has 5 nitrogen and oxygen atoms in total. The number of aryl methyl sites for hydroxylation is 2. The smallest absolute Gasteiger partial charge is 0.251 e. The van der Waals surface area contributed by atoms with Crippen molar-refractivity contribution >= 4 is 23.2 Å². The van der Waals surface area contributed by atoms with Gasteiger partial charge >= 0.3 is 0 Å². The summed E-state index contributed by atoms with van der Waals surface area (Å²) in [5, 5.41) is 8.80. The van der Waals surface area contributed by atoms with E-state index in [-0.39, 0.29) is 18.4 Å². The van der Waals surface area contributed by atoms with E-state index >= 15 is 0 Å². The molecule has 0 spiro atoms.